The molecule has 0 aliphatic rings. The summed E-state index contributed by atoms with van der Waals surface area (Å²) in [6.45, 7) is 5.55. The van der Waals surface area contributed by atoms with E-state index in [4.69, 9.17) is 4.74 Å². The molecule has 2 N–H and O–H groups in total. The second-order valence-electron chi connectivity index (χ2n) is 5.44. The molecule has 1 atom stereocenters. The van der Waals surface area contributed by atoms with Crippen molar-refractivity contribution >= 4 is 23.3 Å². The van der Waals surface area contributed by atoms with Crippen molar-refractivity contribution in [2.24, 2.45) is 0 Å². The van der Waals surface area contributed by atoms with Crippen molar-refractivity contribution < 1.29 is 14.3 Å². The van der Waals surface area contributed by atoms with Gasteiger partial charge in [-0.1, -0.05) is 6.92 Å². The predicted molar refractivity (Wildman–Crippen MR) is 94.2 cm³/mol. The van der Waals surface area contributed by atoms with Gasteiger partial charge in [0.25, 0.3) is 5.91 Å². The lowest BCUT2D eigenvalue weighted by Gasteiger charge is -2.12. The summed E-state index contributed by atoms with van der Waals surface area (Å²) in [5.41, 5.74) is 1.99. The summed E-state index contributed by atoms with van der Waals surface area (Å²) in [7, 11) is 0. The van der Waals surface area contributed by atoms with Crippen molar-refractivity contribution in [2.75, 3.05) is 6.61 Å². The molecule has 24 heavy (non-hydrogen) atoms. The van der Waals surface area contributed by atoms with Crippen molar-refractivity contribution in [3.63, 3.8) is 0 Å². The van der Waals surface area contributed by atoms with E-state index in [1.54, 1.807) is 23.5 Å². The number of thiazole rings is 1. The Kier molecular flexibility index (Phi) is 6.31. The van der Waals surface area contributed by atoms with Crippen LogP contribution in [-0.4, -0.2) is 29.6 Å². The predicted octanol–water partition coefficient (Wildman–Crippen LogP) is 3.12. The van der Waals surface area contributed by atoms with Gasteiger partial charge in [0.2, 0.25) is 0 Å². The summed E-state index contributed by atoms with van der Waals surface area (Å²) in [5, 5.41) is 7.82. The SMILES string of the molecule is CC[C@@H](C)NC(=O)NC(=O)COc1ccc(-c2nc(C)cs2)cc1. The van der Waals surface area contributed by atoms with Crippen LogP contribution in [0.1, 0.15) is 26.0 Å². The molecule has 0 spiro atoms. The summed E-state index contributed by atoms with van der Waals surface area (Å²) in [6.07, 6.45) is 0.795. The van der Waals surface area contributed by atoms with Crippen molar-refractivity contribution in [2.45, 2.75) is 33.2 Å². The fraction of sp³-hybridized carbons (Fsp3) is 0.353. The van der Waals surface area contributed by atoms with Gasteiger partial charge in [-0.05, 0) is 44.5 Å². The number of urea groups is 1. The molecule has 0 aliphatic carbocycles. The van der Waals surface area contributed by atoms with E-state index < -0.39 is 11.9 Å². The number of nitrogens with zero attached hydrogens (tertiary/aromatic N) is 1. The number of aryl methyl sites for hydroxylation is 1. The number of imide groups is 1. The average molecular weight is 347 g/mol. The first-order chi connectivity index (χ1) is 11.5. The molecule has 1 aromatic heterocycles. The molecule has 6 nitrogen and oxygen atoms in total. The molecule has 2 aromatic rings. The van der Waals surface area contributed by atoms with E-state index >= 15 is 0 Å². The van der Waals surface area contributed by atoms with Gasteiger partial charge in [0.05, 0.1) is 0 Å². The van der Waals surface area contributed by atoms with Crippen molar-refractivity contribution in [1.82, 2.24) is 15.6 Å². The first-order valence-corrected chi connectivity index (χ1v) is 8.61. The lowest BCUT2D eigenvalue weighted by atomic mass is 10.2. The molecule has 0 saturated carbocycles. The van der Waals surface area contributed by atoms with Gasteiger partial charge in [-0.25, -0.2) is 9.78 Å². The Morgan fingerprint density at radius 1 is 1.29 bits per heavy atom. The van der Waals surface area contributed by atoms with Crippen LogP contribution in [0.4, 0.5) is 4.79 Å². The van der Waals surface area contributed by atoms with E-state index in [1.165, 1.54) is 0 Å². The zero-order chi connectivity index (χ0) is 17.5. The standard InChI is InChI=1S/C17H21N3O3S/c1-4-11(2)19-17(22)20-15(21)9-23-14-7-5-13(6-8-14)16-18-12(3)10-24-16/h5-8,10-11H,4,9H2,1-3H3,(H2,19,20,21,22)/t11-/m1/s1. The molecule has 1 heterocycles. The minimum atomic E-state index is -0.507. The highest BCUT2D eigenvalue weighted by atomic mass is 32.1. The highest BCUT2D eigenvalue weighted by molar-refractivity contribution is 7.13. The van der Waals surface area contributed by atoms with Crippen LogP contribution in [0, 0.1) is 6.92 Å². The summed E-state index contributed by atoms with van der Waals surface area (Å²) in [5.74, 6) is 0.0694. The molecule has 7 heteroatoms. The molecule has 0 fully saturated rings. The second-order valence-corrected chi connectivity index (χ2v) is 6.30. The fourth-order valence-corrected chi connectivity index (χ4v) is 2.66. The summed E-state index contributed by atoms with van der Waals surface area (Å²) in [6, 6.07) is 6.84. The first-order valence-electron chi connectivity index (χ1n) is 7.73. The van der Waals surface area contributed by atoms with Crippen molar-refractivity contribution in [3.05, 3.63) is 35.3 Å². The van der Waals surface area contributed by atoms with Gasteiger partial charge in [0.15, 0.2) is 6.61 Å². The zero-order valence-electron chi connectivity index (χ0n) is 14.0. The Balaban J connectivity index is 1.81. The Labute approximate surface area is 145 Å². The highest BCUT2D eigenvalue weighted by Gasteiger charge is 2.10. The largest absolute Gasteiger partial charge is 0.484 e. The molecule has 2 rings (SSSR count). The van der Waals surface area contributed by atoms with Gasteiger partial charge in [0, 0.05) is 22.7 Å². The van der Waals surface area contributed by atoms with E-state index in [-0.39, 0.29) is 12.6 Å². The summed E-state index contributed by atoms with van der Waals surface area (Å²) < 4.78 is 5.39. The van der Waals surface area contributed by atoms with E-state index in [9.17, 15) is 9.59 Å². The van der Waals surface area contributed by atoms with Gasteiger partial charge < -0.3 is 10.1 Å². The number of hydrogen-bond donors (Lipinski definition) is 2. The number of rotatable bonds is 6. The minimum absolute atomic E-state index is 0.0146. The number of ether oxygens (including phenoxy) is 1. The number of amides is 3. The molecule has 0 radical (unpaired) electrons. The smallest absolute Gasteiger partial charge is 0.321 e. The lowest BCUT2D eigenvalue weighted by molar-refractivity contribution is -0.122. The maximum atomic E-state index is 11.7. The molecule has 0 bridgehead atoms. The van der Waals surface area contributed by atoms with Crippen LogP contribution in [0.3, 0.4) is 0 Å². The van der Waals surface area contributed by atoms with Crippen molar-refractivity contribution in [3.8, 4) is 16.3 Å². The van der Waals surface area contributed by atoms with Gasteiger partial charge in [-0.2, -0.15) is 0 Å². The number of benzene rings is 1. The van der Waals surface area contributed by atoms with Crippen LogP contribution in [0.2, 0.25) is 0 Å². The Bertz CT molecular complexity index is 697. The number of hydrogen-bond acceptors (Lipinski definition) is 5. The molecular weight excluding hydrogens is 326 g/mol. The molecule has 3 amide bonds. The molecule has 1 aromatic carbocycles. The Morgan fingerprint density at radius 2 is 2.00 bits per heavy atom. The second kappa shape index (κ2) is 8.44. The normalized spacial score (nSPS) is 11.6. The van der Waals surface area contributed by atoms with Gasteiger partial charge >= 0.3 is 6.03 Å². The van der Waals surface area contributed by atoms with Crippen LogP contribution in [0.25, 0.3) is 10.6 Å². The van der Waals surface area contributed by atoms with Gasteiger partial charge in [-0.3, -0.25) is 10.1 Å². The Hall–Kier alpha value is -2.41. The molecule has 0 saturated heterocycles. The average Bonchev–Trinajstić information content (AvgIpc) is 2.99. The van der Waals surface area contributed by atoms with Crippen LogP contribution in [0.5, 0.6) is 5.75 Å². The van der Waals surface area contributed by atoms with E-state index in [0.29, 0.717) is 5.75 Å². The Morgan fingerprint density at radius 3 is 2.58 bits per heavy atom. The number of carbonyl (C=O) groups is 2. The monoisotopic (exact) mass is 347 g/mol. The number of nitrogens with one attached hydrogen (secondary N) is 2. The number of carbonyl (C=O) groups excluding carboxylic acids is 2. The van der Waals surface area contributed by atoms with E-state index in [0.717, 1.165) is 22.7 Å². The van der Waals surface area contributed by atoms with Crippen molar-refractivity contribution in [1.29, 1.82) is 0 Å². The summed E-state index contributed by atoms with van der Waals surface area (Å²) in [4.78, 5) is 27.6. The zero-order valence-corrected chi connectivity index (χ0v) is 14.8. The van der Waals surface area contributed by atoms with E-state index in [1.807, 2.05) is 38.3 Å². The van der Waals surface area contributed by atoms with Crippen LogP contribution in [-0.2, 0) is 4.79 Å². The van der Waals surface area contributed by atoms with Crippen LogP contribution in [0.15, 0.2) is 29.6 Å². The third-order valence-corrected chi connectivity index (χ3v) is 4.34. The topological polar surface area (TPSA) is 80.3 Å². The number of aromatic nitrogens is 1. The minimum Gasteiger partial charge on any atom is -0.484 e. The first kappa shape index (κ1) is 17.9. The molecular formula is C17H21N3O3S. The third-order valence-electron chi connectivity index (χ3n) is 3.33. The highest BCUT2D eigenvalue weighted by Crippen LogP contribution is 2.25. The maximum Gasteiger partial charge on any atom is 0.321 e. The van der Waals surface area contributed by atoms with Gasteiger partial charge in [-0.15, -0.1) is 11.3 Å². The third kappa shape index (κ3) is 5.34. The fourth-order valence-electron chi connectivity index (χ4n) is 1.85. The molecule has 0 aliphatic heterocycles. The maximum absolute atomic E-state index is 11.7. The lowest BCUT2D eigenvalue weighted by Crippen LogP contribution is -2.44. The van der Waals surface area contributed by atoms with Crippen LogP contribution >= 0.6 is 11.3 Å². The van der Waals surface area contributed by atoms with Gasteiger partial charge in [0.1, 0.15) is 10.8 Å². The summed E-state index contributed by atoms with van der Waals surface area (Å²) >= 11 is 1.58. The van der Waals surface area contributed by atoms with E-state index in [2.05, 4.69) is 15.6 Å². The quantitative estimate of drug-likeness (QED) is 0.841. The molecule has 128 valence electrons. The van der Waals surface area contributed by atoms with Crippen LogP contribution < -0.4 is 15.4 Å². The molecule has 0 unspecified atom stereocenters.